The summed E-state index contributed by atoms with van der Waals surface area (Å²) in [6.07, 6.45) is 2.96. The van der Waals surface area contributed by atoms with Gasteiger partial charge in [0.15, 0.2) is 5.82 Å². The van der Waals surface area contributed by atoms with E-state index in [2.05, 4.69) is 20.4 Å². The normalized spacial score (nSPS) is 10.6. The molecule has 100 valence electrons. The summed E-state index contributed by atoms with van der Waals surface area (Å²) in [7, 11) is 0. The summed E-state index contributed by atoms with van der Waals surface area (Å²) in [5, 5.41) is 7.95. The Morgan fingerprint density at radius 3 is 2.90 bits per heavy atom. The van der Waals surface area contributed by atoms with Crippen LogP contribution in [-0.2, 0) is 6.54 Å². The largest absolute Gasteiger partial charge is 0.389 e. The summed E-state index contributed by atoms with van der Waals surface area (Å²) in [6.45, 7) is 0.417. The highest BCUT2D eigenvalue weighted by atomic mass is 32.1. The number of fused-ring (bicyclic) bond motifs is 1. The first kappa shape index (κ1) is 12.5. The first-order chi connectivity index (χ1) is 9.75. The van der Waals surface area contributed by atoms with Crippen molar-refractivity contribution in [3.05, 3.63) is 48.2 Å². The van der Waals surface area contributed by atoms with Gasteiger partial charge in [-0.25, -0.2) is 0 Å². The molecule has 0 radical (unpaired) electrons. The zero-order valence-corrected chi connectivity index (χ0v) is 11.2. The van der Waals surface area contributed by atoms with Gasteiger partial charge in [0.2, 0.25) is 6.39 Å². The lowest BCUT2D eigenvalue weighted by Gasteiger charge is -2.12. The number of rotatable bonds is 4. The standard InChI is InChI=1S/C13H11N5OS/c14-13(20)9-5-15-10-4-2-1-3-8(10)12(9)16-6-11-17-7-19-18-11/h1-5,7H,6H2,(H2,14,20)(H,15,16). The van der Waals surface area contributed by atoms with E-state index in [1.54, 1.807) is 6.20 Å². The molecule has 0 aliphatic carbocycles. The first-order valence-corrected chi connectivity index (χ1v) is 6.33. The summed E-state index contributed by atoms with van der Waals surface area (Å²) in [5.41, 5.74) is 8.14. The predicted molar refractivity (Wildman–Crippen MR) is 79.3 cm³/mol. The van der Waals surface area contributed by atoms with Crippen molar-refractivity contribution in [1.29, 1.82) is 0 Å². The molecule has 3 rings (SSSR count). The number of aromatic nitrogens is 3. The van der Waals surface area contributed by atoms with Crippen LogP contribution in [0.4, 0.5) is 5.69 Å². The maximum absolute atomic E-state index is 5.76. The van der Waals surface area contributed by atoms with Crippen LogP contribution in [0, 0.1) is 0 Å². The van der Waals surface area contributed by atoms with E-state index in [0.717, 1.165) is 16.6 Å². The van der Waals surface area contributed by atoms with Gasteiger partial charge in [0, 0.05) is 11.6 Å². The minimum atomic E-state index is 0.291. The van der Waals surface area contributed by atoms with Crippen LogP contribution in [0.3, 0.4) is 0 Å². The Bertz CT molecular complexity index is 757. The van der Waals surface area contributed by atoms with Gasteiger partial charge in [-0.1, -0.05) is 35.6 Å². The quantitative estimate of drug-likeness (QED) is 0.707. The molecular weight excluding hydrogens is 274 g/mol. The third kappa shape index (κ3) is 2.30. The van der Waals surface area contributed by atoms with Crippen LogP contribution in [0.1, 0.15) is 11.4 Å². The minimum absolute atomic E-state index is 0.291. The van der Waals surface area contributed by atoms with Crippen molar-refractivity contribution in [3.8, 4) is 0 Å². The van der Waals surface area contributed by atoms with Gasteiger partial charge in [0.05, 0.1) is 23.3 Å². The van der Waals surface area contributed by atoms with E-state index in [0.29, 0.717) is 22.9 Å². The van der Waals surface area contributed by atoms with Gasteiger partial charge >= 0.3 is 0 Å². The van der Waals surface area contributed by atoms with Crippen LogP contribution >= 0.6 is 12.2 Å². The van der Waals surface area contributed by atoms with Gasteiger partial charge in [0.25, 0.3) is 0 Å². The fourth-order valence-corrected chi connectivity index (χ4v) is 2.11. The van der Waals surface area contributed by atoms with E-state index < -0.39 is 0 Å². The molecule has 0 aliphatic heterocycles. The molecule has 0 saturated heterocycles. The van der Waals surface area contributed by atoms with Crippen molar-refractivity contribution in [1.82, 2.24) is 15.1 Å². The van der Waals surface area contributed by atoms with Crippen LogP contribution < -0.4 is 11.1 Å². The fraction of sp³-hybridized carbons (Fsp3) is 0.0769. The molecule has 0 bridgehead atoms. The van der Waals surface area contributed by atoms with Crippen LogP contribution in [0.25, 0.3) is 10.9 Å². The summed E-state index contributed by atoms with van der Waals surface area (Å²) in [5.74, 6) is 0.555. The molecule has 7 heteroatoms. The molecule has 0 spiro atoms. The van der Waals surface area contributed by atoms with Crippen LogP contribution in [0.2, 0.25) is 0 Å². The number of hydrogen-bond donors (Lipinski definition) is 2. The van der Waals surface area contributed by atoms with Gasteiger partial charge in [0.1, 0.15) is 4.99 Å². The first-order valence-electron chi connectivity index (χ1n) is 5.92. The Hall–Kier alpha value is -2.54. The molecule has 1 aromatic carbocycles. The molecule has 3 aromatic rings. The zero-order chi connectivity index (χ0) is 13.9. The predicted octanol–water partition coefficient (Wildman–Crippen LogP) is 1.86. The van der Waals surface area contributed by atoms with Crippen LogP contribution in [0.5, 0.6) is 0 Å². The van der Waals surface area contributed by atoms with E-state index in [4.69, 9.17) is 22.5 Å². The topological polar surface area (TPSA) is 89.9 Å². The lowest BCUT2D eigenvalue weighted by Crippen LogP contribution is -2.14. The van der Waals surface area contributed by atoms with Crippen molar-refractivity contribution >= 4 is 33.8 Å². The number of benzene rings is 1. The van der Waals surface area contributed by atoms with Gasteiger partial charge in [-0.3, -0.25) is 4.98 Å². The summed E-state index contributed by atoms with van der Waals surface area (Å²) < 4.78 is 4.70. The fourth-order valence-electron chi connectivity index (χ4n) is 1.96. The SMILES string of the molecule is NC(=S)c1cnc2ccccc2c1NCc1ncon1. The highest BCUT2D eigenvalue weighted by Gasteiger charge is 2.11. The Morgan fingerprint density at radius 1 is 1.30 bits per heavy atom. The zero-order valence-electron chi connectivity index (χ0n) is 10.4. The molecule has 0 atom stereocenters. The lowest BCUT2D eigenvalue weighted by atomic mass is 10.1. The van der Waals surface area contributed by atoms with E-state index in [9.17, 15) is 0 Å². The molecule has 0 amide bonds. The molecule has 0 unspecified atom stereocenters. The van der Waals surface area contributed by atoms with E-state index in [1.165, 1.54) is 6.39 Å². The van der Waals surface area contributed by atoms with E-state index in [1.807, 2.05) is 24.3 Å². The average molecular weight is 285 g/mol. The van der Waals surface area contributed by atoms with Gasteiger partial charge < -0.3 is 15.6 Å². The van der Waals surface area contributed by atoms with Crippen molar-refractivity contribution < 1.29 is 4.52 Å². The highest BCUT2D eigenvalue weighted by Crippen LogP contribution is 2.26. The van der Waals surface area contributed by atoms with Crippen molar-refractivity contribution in [2.75, 3.05) is 5.32 Å². The second kappa shape index (κ2) is 5.22. The number of anilines is 1. The van der Waals surface area contributed by atoms with Gasteiger partial charge in [-0.2, -0.15) is 4.98 Å². The maximum Gasteiger partial charge on any atom is 0.213 e. The van der Waals surface area contributed by atoms with Gasteiger partial charge in [-0.15, -0.1) is 0 Å². The molecule has 6 nitrogen and oxygen atoms in total. The number of hydrogen-bond acceptors (Lipinski definition) is 6. The third-order valence-corrected chi connectivity index (χ3v) is 3.09. The molecular formula is C13H11N5OS. The summed E-state index contributed by atoms with van der Waals surface area (Å²) >= 11 is 5.07. The number of para-hydroxylation sites is 1. The van der Waals surface area contributed by atoms with E-state index in [-0.39, 0.29) is 0 Å². The van der Waals surface area contributed by atoms with Gasteiger partial charge in [-0.05, 0) is 6.07 Å². The summed E-state index contributed by atoms with van der Waals surface area (Å²) in [4.78, 5) is 8.61. The molecule has 3 N–H and O–H groups in total. The second-order valence-electron chi connectivity index (χ2n) is 4.13. The second-order valence-corrected chi connectivity index (χ2v) is 4.57. The maximum atomic E-state index is 5.76. The van der Waals surface area contributed by atoms with Crippen LogP contribution in [0.15, 0.2) is 41.4 Å². The van der Waals surface area contributed by atoms with E-state index >= 15 is 0 Å². The number of thiocarbonyl (C=S) groups is 1. The Morgan fingerprint density at radius 2 is 2.15 bits per heavy atom. The Kier molecular flexibility index (Phi) is 3.26. The lowest BCUT2D eigenvalue weighted by molar-refractivity contribution is 0.411. The Labute approximate surface area is 120 Å². The minimum Gasteiger partial charge on any atom is -0.389 e. The number of nitrogens with one attached hydrogen (secondary N) is 1. The molecule has 2 aromatic heterocycles. The summed E-state index contributed by atoms with van der Waals surface area (Å²) in [6, 6.07) is 7.76. The molecule has 0 aliphatic rings. The third-order valence-electron chi connectivity index (χ3n) is 2.87. The molecule has 0 saturated carbocycles. The Balaban J connectivity index is 2.05. The monoisotopic (exact) mass is 285 g/mol. The van der Waals surface area contributed by atoms with Crippen LogP contribution in [-0.4, -0.2) is 20.1 Å². The van der Waals surface area contributed by atoms with Crippen molar-refractivity contribution in [2.24, 2.45) is 5.73 Å². The average Bonchev–Trinajstić information content (AvgIpc) is 2.97. The van der Waals surface area contributed by atoms with Crippen molar-refractivity contribution in [3.63, 3.8) is 0 Å². The highest BCUT2D eigenvalue weighted by molar-refractivity contribution is 7.80. The number of nitrogens with zero attached hydrogens (tertiary/aromatic N) is 3. The number of pyridine rings is 1. The molecule has 0 fully saturated rings. The molecule has 2 heterocycles. The smallest absolute Gasteiger partial charge is 0.213 e. The molecule has 20 heavy (non-hydrogen) atoms. The number of nitrogens with two attached hydrogens (primary N) is 1. The van der Waals surface area contributed by atoms with Crippen molar-refractivity contribution in [2.45, 2.75) is 6.54 Å².